The normalized spacial score (nSPS) is 12.1. The van der Waals surface area contributed by atoms with Crippen LogP contribution in [0.15, 0.2) is 152 Å². The van der Waals surface area contributed by atoms with Crippen LogP contribution in [0.3, 0.4) is 0 Å². The Hall–Kier alpha value is -6.00. The number of hydrogen-bond donors (Lipinski definition) is 0. The number of para-hydroxylation sites is 2. The molecular formula is C44H34N4. The summed E-state index contributed by atoms with van der Waals surface area (Å²) in [5.74, 6) is 0.929. The van der Waals surface area contributed by atoms with Gasteiger partial charge in [0.15, 0.2) is 0 Å². The van der Waals surface area contributed by atoms with Gasteiger partial charge >= 0.3 is 0 Å². The number of pyridine rings is 2. The van der Waals surface area contributed by atoms with E-state index in [2.05, 4.69) is 163 Å². The van der Waals surface area contributed by atoms with E-state index in [1.807, 2.05) is 18.5 Å². The molecular weight excluding hydrogens is 585 g/mol. The van der Waals surface area contributed by atoms with Gasteiger partial charge < -0.3 is 4.57 Å². The van der Waals surface area contributed by atoms with Gasteiger partial charge in [-0.1, -0.05) is 99.6 Å². The second kappa shape index (κ2) is 10.8. The highest BCUT2D eigenvalue weighted by Gasteiger charge is 2.21. The number of fused-ring (bicyclic) bond motifs is 6. The number of hydrogen-bond acceptors (Lipinski definition) is 2. The van der Waals surface area contributed by atoms with E-state index in [0.29, 0.717) is 0 Å². The fraction of sp³-hybridized carbons (Fsp3) is 0.0909. The number of rotatable bonds is 4. The van der Waals surface area contributed by atoms with Crippen molar-refractivity contribution in [2.75, 3.05) is 0 Å². The molecule has 0 atom stereocenters. The lowest BCUT2D eigenvalue weighted by atomic mass is 9.88. The lowest BCUT2D eigenvalue weighted by Crippen LogP contribution is -2.12. The number of benzene rings is 5. The molecule has 4 aromatic heterocycles. The predicted octanol–water partition coefficient (Wildman–Crippen LogP) is 11.3. The summed E-state index contributed by atoms with van der Waals surface area (Å²) in [6, 6.07) is 50.1. The Morgan fingerprint density at radius 3 is 1.88 bits per heavy atom. The van der Waals surface area contributed by atoms with Crippen LogP contribution in [0.25, 0.3) is 77.5 Å². The van der Waals surface area contributed by atoms with Crippen molar-refractivity contribution in [3.05, 3.63) is 157 Å². The van der Waals surface area contributed by atoms with Crippen molar-refractivity contribution >= 4 is 43.6 Å². The van der Waals surface area contributed by atoms with Crippen molar-refractivity contribution in [1.82, 2.24) is 19.1 Å². The molecule has 0 N–H and O–H groups in total. The molecule has 0 aliphatic heterocycles. The molecule has 0 aliphatic rings. The third kappa shape index (κ3) is 4.44. The quantitative estimate of drug-likeness (QED) is 0.197. The Labute approximate surface area is 279 Å². The zero-order valence-corrected chi connectivity index (χ0v) is 27.2. The average molecular weight is 619 g/mol. The number of nitrogens with zero attached hydrogens (tertiary/aromatic N) is 4. The van der Waals surface area contributed by atoms with Gasteiger partial charge in [0.05, 0.1) is 27.8 Å². The van der Waals surface area contributed by atoms with Crippen LogP contribution in [0.2, 0.25) is 0 Å². The van der Waals surface area contributed by atoms with Gasteiger partial charge in [0.1, 0.15) is 5.82 Å². The van der Waals surface area contributed by atoms with E-state index in [9.17, 15) is 0 Å². The smallest absolute Gasteiger partial charge is 0.137 e. The van der Waals surface area contributed by atoms with Crippen molar-refractivity contribution in [2.24, 2.45) is 0 Å². The topological polar surface area (TPSA) is 35.6 Å². The molecule has 0 bridgehead atoms. The molecule has 9 rings (SSSR count). The van der Waals surface area contributed by atoms with Crippen LogP contribution in [-0.4, -0.2) is 19.1 Å². The molecule has 0 spiro atoms. The second-order valence-electron chi connectivity index (χ2n) is 13.6. The summed E-state index contributed by atoms with van der Waals surface area (Å²) >= 11 is 0. The molecule has 0 aliphatic carbocycles. The first-order chi connectivity index (χ1) is 23.5. The summed E-state index contributed by atoms with van der Waals surface area (Å²) in [7, 11) is 0. The summed E-state index contributed by atoms with van der Waals surface area (Å²) in [5.41, 5.74) is 11.4. The summed E-state index contributed by atoms with van der Waals surface area (Å²) in [6.07, 6.45) is 3.82. The van der Waals surface area contributed by atoms with Crippen LogP contribution in [-0.2, 0) is 5.41 Å². The second-order valence-corrected chi connectivity index (χ2v) is 13.6. The Morgan fingerprint density at radius 2 is 1.12 bits per heavy atom. The molecule has 0 saturated heterocycles. The van der Waals surface area contributed by atoms with Crippen molar-refractivity contribution in [2.45, 2.75) is 26.2 Å². The van der Waals surface area contributed by atoms with Gasteiger partial charge in [-0.2, -0.15) is 0 Å². The maximum Gasteiger partial charge on any atom is 0.137 e. The first-order valence-corrected chi connectivity index (χ1v) is 16.5. The standard InChI is InChI=1S/C44H34N4/c1-44(2,3)30-22-24-46-43(25-30)48-40-19-10-7-15-32(40)34-21-20-31(26-41(34)48)47-39-18-9-8-16-33(39)37-27-35(29-13-5-4-6-14-29)36(28-42(37)47)38-17-11-12-23-45-38/h4-28H,1-3H3. The van der Waals surface area contributed by atoms with Crippen LogP contribution in [0.1, 0.15) is 26.3 Å². The Kier molecular flexibility index (Phi) is 6.34. The number of aromatic nitrogens is 4. The molecule has 230 valence electrons. The molecule has 0 fully saturated rings. The molecule has 0 amide bonds. The first-order valence-electron chi connectivity index (χ1n) is 16.5. The molecule has 5 aromatic carbocycles. The first kappa shape index (κ1) is 28.2. The van der Waals surface area contributed by atoms with Gasteiger partial charge in [0.25, 0.3) is 0 Å². The molecule has 9 aromatic rings. The average Bonchev–Trinajstić information content (AvgIpc) is 3.63. The fourth-order valence-corrected chi connectivity index (χ4v) is 7.24. The van der Waals surface area contributed by atoms with E-state index >= 15 is 0 Å². The molecule has 0 unspecified atom stereocenters. The molecule has 48 heavy (non-hydrogen) atoms. The van der Waals surface area contributed by atoms with Gasteiger partial charge in [-0.05, 0) is 82.8 Å². The van der Waals surface area contributed by atoms with E-state index in [1.54, 1.807) is 0 Å². The van der Waals surface area contributed by atoms with E-state index in [0.717, 1.165) is 39.3 Å². The largest absolute Gasteiger partial charge is 0.309 e. The zero-order valence-electron chi connectivity index (χ0n) is 27.2. The van der Waals surface area contributed by atoms with Crippen LogP contribution in [0.4, 0.5) is 0 Å². The van der Waals surface area contributed by atoms with Gasteiger partial charge in [0.2, 0.25) is 0 Å². The highest BCUT2D eigenvalue weighted by atomic mass is 15.1. The van der Waals surface area contributed by atoms with Crippen molar-refractivity contribution in [3.63, 3.8) is 0 Å². The Bertz CT molecular complexity index is 2640. The van der Waals surface area contributed by atoms with E-state index in [1.165, 1.54) is 43.8 Å². The fourth-order valence-electron chi connectivity index (χ4n) is 7.24. The maximum atomic E-state index is 4.92. The Balaban J connectivity index is 1.36. The molecule has 4 heterocycles. The molecule has 0 radical (unpaired) electrons. The van der Waals surface area contributed by atoms with Crippen molar-refractivity contribution < 1.29 is 0 Å². The summed E-state index contributed by atoms with van der Waals surface area (Å²) in [4.78, 5) is 9.73. The van der Waals surface area contributed by atoms with Gasteiger partial charge in [-0.3, -0.25) is 9.55 Å². The van der Waals surface area contributed by atoms with E-state index in [4.69, 9.17) is 9.97 Å². The van der Waals surface area contributed by atoms with Crippen LogP contribution < -0.4 is 0 Å². The SMILES string of the molecule is CC(C)(C)c1ccnc(-n2c3ccccc3c3ccc(-n4c5ccccc5c5cc(-c6ccccc6)c(-c6ccccn6)cc54)cc32)c1. The third-order valence-corrected chi connectivity index (χ3v) is 9.59. The lowest BCUT2D eigenvalue weighted by Gasteiger charge is -2.20. The minimum Gasteiger partial charge on any atom is -0.309 e. The highest BCUT2D eigenvalue weighted by Crippen LogP contribution is 2.41. The van der Waals surface area contributed by atoms with E-state index in [-0.39, 0.29) is 5.41 Å². The monoisotopic (exact) mass is 618 g/mol. The van der Waals surface area contributed by atoms with Gasteiger partial charge in [-0.25, -0.2) is 4.98 Å². The maximum absolute atomic E-state index is 4.92. The van der Waals surface area contributed by atoms with E-state index < -0.39 is 0 Å². The van der Waals surface area contributed by atoms with Crippen molar-refractivity contribution in [3.8, 4) is 33.9 Å². The molecule has 4 heteroatoms. The lowest BCUT2D eigenvalue weighted by molar-refractivity contribution is 0.588. The minimum absolute atomic E-state index is 0.00844. The van der Waals surface area contributed by atoms with Gasteiger partial charge in [-0.15, -0.1) is 0 Å². The highest BCUT2D eigenvalue weighted by molar-refractivity contribution is 6.13. The molecule has 0 saturated carbocycles. The summed E-state index contributed by atoms with van der Waals surface area (Å²) in [5, 5.41) is 4.86. The van der Waals surface area contributed by atoms with Crippen LogP contribution >= 0.6 is 0 Å². The summed E-state index contributed by atoms with van der Waals surface area (Å²) in [6.45, 7) is 6.75. The zero-order chi connectivity index (χ0) is 32.4. The third-order valence-electron chi connectivity index (χ3n) is 9.59. The van der Waals surface area contributed by atoms with Crippen molar-refractivity contribution in [1.29, 1.82) is 0 Å². The summed E-state index contributed by atoms with van der Waals surface area (Å²) < 4.78 is 4.73. The predicted molar refractivity (Wildman–Crippen MR) is 200 cm³/mol. The van der Waals surface area contributed by atoms with Gasteiger partial charge in [0, 0.05) is 45.2 Å². The minimum atomic E-state index is 0.00844. The molecule has 4 nitrogen and oxygen atoms in total. The van der Waals surface area contributed by atoms with Crippen LogP contribution in [0, 0.1) is 0 Å². The Morgan fingerprint density at radius 1 is 0.458 bits per heavy atom. The van der Waals surface area contributed by atoms with Crippen LogP contribution in [0.5, 0.6) is 0 Å².